The summed E-state index contributed by atoms with van der Waals surface area (Å²) in [6.45, 7) is 3.39. The molecule has 0 saturated heterocycles. The first-order valence-corrected chi connectivity index (χ1v) is 7.75. The minimum atomic E-state index is -3.74. The molecule has 0 radical (unpaired) electrons. The molecule has 0 atom stereocenters. The Morgan fingerprint density at radius 3 is 2.24 bits per heavy atom. The van der Waals surface area contributed by atoms with E-state index in [2.05, 4.69) is 4.72 Å². The highest BCUT2D eigenvalue weighted by molar-refractivity contribution is 7.92. The van der Waals surface area contributed by atoms with Crippen molar-refractivity contribution in [2.75, 3.05) is 10.5 Å². The lowest BCUT2D eigenvalue weighted by Crippen LogP contribution is -2.19. The number of anilines is 2. The van der Waals surface area contributed by atoms with Crippen molar-refractivity contribution in [3.05, 3.63) is 51.9 Å². The summed E-state index contributed by atoms with van der Waals surface area (Å²) in [5, 5.41) is 0. The van der Waals surface area contributed by atoms with E-state index >= 15 is 0 Å². The Morgan fingerprint density at radius 1 is 1.14 bits per heavy atom. The van der Waals surface area contributed by atoms with Crippen LogP contribution in [0.4, 0.5) is 11.4 Å². The van der Waals surface area contributed by atoms with E-state index in [0.717, 1.165) is 0 Å². The van der Waals surface area contributed by atoms with E-state index in [-0.39, 0.29) is 10.5 Å². The molecule has 0 spiro atoms. The van der Waals surface area contributed by atoms with Crippen LogP contribution in [0, 0.1) is 13.8 Å². The third-order valence-electron chi connectivity index (χ3n) is 3.09. The van der Waals surface area contributed by atoms with Crippen LogP contribution in [0.25, 0.3) is 0 Å². The van der Waals surface area contributed by atoms with Gasteiger partial charge in [-0.05, 0) is 43.2 Å². The van der Waals surface area contributed by atoms with Crippen LogP contribution < -0.4 is 16.0 Å². The normalized spacial score (nSPS) is 11.4. The molecule has 1 aromatic heterocycles. The van der Waals surface area contributed by atoms with Crippen LogP contribution in [0.3, 0.4) is 0 Å². The van der Waals surface area contributed by atoms with Crippen molar-refractivity contribution >= 4 is 21.4 Å². The van der Waals surface area contributed by atoms with Crippen LogP contribution >= 0.6 is 0 Å². The monoisotopic (exact) mass is 307 g/mol. The van der Waals surface area contributed by atoms with Crippen molar-refractivity contribution in [1.29, 1.82) is 0 Å². The van der Waals surface area contributed by atoms with Crippen LogP contribution in [0.1, 0.15) is 11.1 Å². The number of benzene rings is 1. The molecule has 6 nitrogen and oxygen atoms in total. The number of hydrogen-bond donors (Lipinski definition) is 2. The predicted molar refractivity (Wildman–Crippen MR) is 82.8 cm³/mol. The Kier molecular flexibility index (Phi) is 3.78. The molecule has 112 valence electrons. The second-order valence-corrected chi connectivity index (χ2v) is 6.58. The van der Waals surface area contributed by atoms with Crippen molar-refractivity contribution in [3.8, 4) is 0 Å². The smallest absolute Gasteiger partial charge is 0.262 e. The van der Waals surface area contributed by atoms with E-state index in [1.807, 2.05) is 0 Å². The van der Waals surface area contributed by atoms with E-state index in [0.29, 0.717) is 22.5 Å². The molecule has 0 bridgehead atoms. The molecule has 21 heavy (non-hydrogen) atoms. The van der Waals surface area contributed by atoms with Crippen LogP contribution in [0.15, 0.2) is 40.2 Å². The van der Waals surface area contributed by atoms with E-state index in [1.165, 1.54) is 22.9 Å². The van der Waals surface area contributed by atoms with Crippen LogP contribution in [-0.4, -0.2) is 13.0 Å². The summed E-state index contributed by atoms with van der Waals surface area (Å²) in [4.78, 5) is 11.5. The molecular weight excluding hydrogens is 290 g/mol. The number of sulfonamides is 1. The maximum absolute atomic E-state index is 12.5. The summed E-state index contributed by atoms with van der Waals surface area (Å²) in [5.74, 6) is 0. The lowest BCUT2D eigenvalue weighted by atomic mass is 10.1. The van der Waals surface area contributed by atoms with Gasteiger partial charge in [-0.25, -0.2) is 8.42 Å². The van der Waals surface area contributed by atoms with Gasteiger partial charge in [0.25, 0.3) is 10.0 Å². The summed E-state index contributed by atoms with van der Waals surface area (Å²) < 4.78 is 28.8. The lowest BCUT2D eigenvalue weighted by molar-refractivity contribution is 0.600. The number of rotatable bonds is 3. The molecular formula is C14H17N3O3S. The van der Waals surface area contributed by atoms with E-state index in [4.69, 9.17) is 5.73 Å². The first-order valence-electron chi connectivity index (χ1n) is 6.27. The molecule has 2 rings (SSSR count). The maximum atomic E-state index is 12.5. The van der Waals surface area contributed by atoms with Gasteiger partial charge < -0.3 is 10.3 Å². The highest BCUT2D eigenvalue weighted by Crippen LogP contribution is 2.24. The van der Waals surface area contributed by atoms with Gasteiger partial charge in [0, 0.05) is 25.0 Å². The van der Waals surface area contributed by atoms with Gasteiger partial charge in [0.2, 0.25) is 5.56 Å². The molecule has 2 aromatic rings. The fourth-order valence-electron chi connectivity index (χ4n) is 2.27. The van der Waals surface area contributed by atoms with E-state index in [1.54, 1.807) is 33.0 Å². The molecule has 0 aliphatic heterocycles. The fourth-order valence-corrected chi connectivity index (χ4v) is 3.77. The number of nitrogens with two attached hydrogens (primary N) is 1. The molecule has 0 unspecified atom stereocenters. The summed E-state index contributed by atoms with van der Waals surface area (Å²) in [5.41, 5.74) is 7.49. The zero-order chi connectivity index (χ0) is 15.8. The van der Waals surface area contributed by atoms with Crippen molar-refractivity contribution in [1.82, 2.24) is 4.57 Å². The molecule has 0 amide bonds. The fraction of sp³-hybridized carbons (Fsp3) is 0.214. The first kappa shape index (κ1) is 15.1. The SMILES string of the molecule is Cc1cc(N)cc(C)c1S(=O)(=O)Nc1ccc(=O)n(C)c1. The van der Waals surface area contributed by atoms with Gasteiger partial charge in [-0.2, -0.15) is 0 Å². The Morgan fingerprint density at radius 2 is 1.71 bits per heavy atom. The topological polar surface area (TPSA) is 94.2 Å². The predicted octanol–water partition coefficient (Wildman–Crippen LogP) is 1.39. The summed E-state index contributed by atoms with van der Waals surface area (Å²) in [6, 6.07) is 5.97. The first-order chi connectivity index (χ1) is 9.70. The number of pyridine rings is 1. The third-order valence-corrected chi connectivity index (χ3v) is 4.78. The summed E-state index contributed by atoms with van der Waals surface area (Å²) in [7, 11) is -2.19. The second-order valence-electron chi connectivity index (χ2n) is 4.96. The molecule has 7 heteroatoms. The Balaban J connectivity index is 2.48. The molecule has 0 aliphatic rings. The average Bonchev–Trinajstić information content (AvgIpc) is 2.31. The highest BCUT2D eigenvalue weighted by Gasteiger charge is 2.20. The lowest BCUT2D eigenvalue weighted by Gasteiger charge is -2.14. The number of aryl methyl sites for hydroxylation is 3. The number of hydrogen-bond acceptors (Lipinski definition) is 4. The minimum absolute atomic E-state index is 0.200. The number of nitrogen functional groups attached to an aromatic ring is 1. The number of nitrogens with one attached hydrogen (secondary N) is 1. The standard InChI is InChI=1S/C14H17N3O3S/c1-9-6-11(15)7-10(2)14(9)21(19,20)16-12-4-5-13(18)17(3)8-12/h4-8,16H,15H2,1-3H3. The van der Waals surface area contributed by atoms with Crippen LogP contribution in [0.5, 0.6) is 0 Å². The van der Waals surface area contributed by atoms with Gasteiger partial charge in [0.05, 0.1) is 10.6 Å². The molecule has 1 heterocycles. The van der Waals surface area contributed by atoms with Gasteiger partial charge in [0.15, 0.2) is 0 Å². The van der Waals surface area contributed by atoms with Gasteiger partial charge in [-0.1, -0.05) is 0 Å². The van der Waals surface area contributed by atoms with Crippen molar-refractivity contribution < 1.29 is 8.42 Å². The zero-order valence-electron chi connectivity index (χ0n) is 12.0. The third kappa shape index (κ3) is 3.08. The Hall–Kier alpha value is -2.28. The van der Waals surface area contributed by atoms with Gasteiger partial charge in [-0.3, -0.25) is 9.52 Å². The molecule has 0 aliphatic carbocycles. The number of aromatic nitrogens is 1. The summed E-state index contributed by atoms with van der Waals surface area (Å²) >= 11 is 0. The van der Waals surface area contributed by atoms with Gasteiger partial charge >= 0.3 is 0 Å². The van der Waals surface area contributed by atoms with Crippen molar-refractivity contribution in [2.24, 2.45) is 7.05 Å². The minimum Gasteiger partial charge on any atom is -0.399 e. The molecule has 0 saturated carbocycles. The molecule has 0 fully saturated rings. The van der Waals surface area contributed by atoms with Gasteiger partial charge in [-0.15, -0.1) is 0 Å². The highest BCUT2D eigenvalue weighted by atomic mass is 32.2. The van der Waals surface area contributed by atoms with Crippen LogP contribution in [0.2, 0.25) is 0 Å². The molecule has 3 N–H and O–H groups in total. The quantitative estimate of drug-likeness (QED) is 0.838. The van der Waals surface area contributed by atoms with Crippen LogP contribution in [-0.2, 0) is 17.1 Å². The summed E-state index contributed by atoms with van der Waals surface area (Å²) in [6.07, 6.45) is 1.43. The largest absolute Gasteiger partial charge is 0.399 e. The molecule has 1 aromatic carbocycles. The number of nitrogens with zero attached hydrogens (tertiary/aromatic N) is 1. The van der Waals surface area contributed by atoms with E-state index in [9.17, 15) is 13.2 Å². The van der Waals surface area contributed by atoms with Gasteiger partial charge in [0.1, 0.15) is 0 Å². The van der Waals surface area contributed by atoms with Crippen molar-refractivity contribution in [2.45, 2.75) is 18.7 Å². The average molecular weight is 307 g/mol. The maximum Gasteiger partial charge on any atom is 0.262 e. The Labute approximate surface area is 123 Å². The van der Waals surface area contributed by atoms with E-state index < -0.39 is 10.0 Å². The van der Waals surface area contributed by atoms with Crippen molar-refractivity contribution in [3.63, 3.8) is 0 Å². The second kappa shape index (κ2) is 5.25. The zero-order valence-corrected chi connectivity index (χ0v) is 12.9. The Bertz CT molecular complexity index is 831.